The van der Waals surface area contributed by atoms with Gasteiger partial charge < -0.3 is 24.7 Å². The van der Waals surface area contributed by atoms with Crippen LogP contribution in [0.2, 0.25) is 0 Å². The Hall–Kier alpha value is -3.48. The molecule has 0 saturated carbocycles. The van der Waals surface area contributed by atoms with Gasteiger partial charge >= 0.3 is 5.97 Å². The summed E-state index contributed by atoms with van der Waals surface area (Å²) in [5.41, 5.74) is 6.45. The van der Waals surface area contributed by atoms with Crippen molar-refractivity contribution in [1.82, 2.24) is 0 Å². The van der Waals surface area contributed by atoms with Gasteiger partial charge in [-0.15, -0.1) is 0 Å². The number of methoxy groups -OCH3 is 2. The third kappa shape index (κ3) is 6.39. The zero-order chi connectivity index (χ0) is 19.6. The number of hydrogen-bond donors (Lipinski definition) is 1. The summed E-state index contributed by atoms with van der Waals surface area (Å²) in [7, 11) is 3.11. The minimum atomic E-state index is -0.565. The summed E-state index contributed by atoms with van der Waals surface area (Å²) >= 11 is 0. The third-order valence-corrected chi connectivity index (χ3v) is 3.50. The van der Waals surface area contributed by atoms with Crippen molar-refractivity contribution in [3.05, 3.63) is 59.7 Å². The van der Waals surface area contributed by atoms with Gasteiger partial charge in [0.1, 0.15) is 23.9 Å². The van der Waals surface area contributed by atoms with Crippen LogP contribution in [0.5, 0.6) is 17.2 Å². The van der Waals surface area contributed by atoms with Gasteiger partial charge in [-0.1, -0.05) is 12.1 Å². The van der Waals surface area contributed by atoms with Crippen LogP contribution in [0.15, 0.2) is 48.5 Å². The van der Waals surface area contributed by atoms with Crippen molar-refractivity contribution in [2.75, 3.05) is 20.8 Å². The molecule has 0 spiro atoms. The summed E-state index contributed by atoms with van der Waals surface area (Å²) < 4.78 is 20.8. The van der Waals surface area contributed by atoms with Gasteiger partial charge in [0.2, 0.25) is 0 Å². The minimum absolute atomic E-state index is 0.0617. The molecular formula is C20H21NO6. The van der Waals surface area contributed by atoms with Crippen LogP contribution in [-0.2, 0) is 20.9 Å². The lowest BCUT2D eigenvalue weighted by molar-refractivity contribution is -0.138. The van der Waals surface area contributed by atoms with Crippen molar-refractivity contribution in [3.8, 4) is 17.2 Å². The SMILES string of the molecule is COc1ccc(OC)c(/C=C/C(=O)OCc2cccc(OCC(N)=O)c2)c1. The molecule has 0 radical (unpaired) electrons. The molecule has 0 saturated heterocycles. The molecule has 0 fully saturated rings. The van der Waals surface area contributed by atoms with E-state index in [1.165, 1.54) is 6.08 Å². The second-order valence-corrected chi connectivity index (χ2v) is 5.45. The number of esters is 1. The lowest BCUT2D eigenvalue weighted by Gasteiger charge is -2.08. The summed E-state index contributed by atoms with van der Waals surface area (Å²) in [6.07, 6.45) is 2.90. The summed E-state index contributed by atoms with van der Waals surface area (Å²) in [5.74, 6) is 0.656. The van der Waals surface area contributed by atoms with Gasteiger partial charge in [-0.3, -0.25) is 4.79 Å². The molecule has 0 aliphatic heterocycles. The summed E-state index contributed by atoms with van der Waals surface area (Å²) in [4.78, 5) is 22.7. The minimum Gasteiger partial charge on any atom is -0.497 e. The van der Waals surface area contributed by atoms with Crippen molar-refractivity contribution >= 4 is 18.0 Å². The van der Waals surface area contributed by atoms with E-state index in [4.69, 9.17) is 24.7 Å². The first kappa shape index (κ1) is 19.8. The van der Waals surface area contributed by atoms with E-state index >= 15 is 0 Å². The number of primary amides is 1. The molecule has 1 amide bonds. The van der Waals surface area contributed by atoms with Crippen molar-refractivity contribution < 1.29 is 28.5 Å². The highest BCUT2D eigenvalue weighted by Crippen LogP contribution is 2.25. The van der Waals surface area contributed by atoms with Crippen molar-refractivity contribution in [1.29, 1.82) is 0 Å². The van der Waals surface area contributed by atoms with Crippen LogP contribution in [0.3, 0.4) is 0 Å². The predicted octanol–water partition coefficient (Wildman–Crippen LogP) is 2.32. The first-order valence-corrected chi connectivity index (χ1v) is 8.08. The smallest absolute Gasteiger partial charge is 0.331 e. The van der Waals surface area contributed by atoms with E-state index in [-0.39, 0.29) is 13.2 Å². The van der Waals surface area contributed by atoms with E-state index < -0.39 is 11.9 Å². The predicted molar refractivity (Wildman–Crippen MR) is 99.5 cm³/mol. The van der Waals surface area contributed by atoms with Crippen LogP contribution >= 0.6 is 0 Å². The fourth-order valence-electron chi connectivity index (χ4n) is 2.21. The molecule has 0 heterocycles. The highest BCUT2D eigenvalue weighted by Gasteiger charge is 2.05. The van der Waals surface area contributed by atoms with Gasteiger partial charge in [0.25, 0.3) is 5.91 Å². The normalized spacial score (nSPS) is 10.4. The standard InChI is InChI=1S/C20H21NO6/c1-24-16-7-8-18(25-2)15(11-16)6-9-20(23)27-12-14-4-3-5-17(10-14)26-13-19(21)22/h3-11H,12-13H2,1-2H3,(H2,21,22)/b9-6+. The Morgan fingerprint density at radius 3 is 2.56 bits per heavy atom. The molecule has 0 atom stereocenters. The number of rotatable bonds is 9. The lowest BCUT2D eigenvalue weighted by atomic mass is 10.1. The van der Waals surface area contributed by atoms with Gasteiger partial charge in [-0.2, -0.15) is 0 Å². The van der Waals surface area contributed by atoms with Gasteiger partial charge in [-0.25, -0.2) is 4.79 Å². The Morgan fingerprint density at radius 2 is 1.85 bits per heavy atom. The second-order valence-electron chi connectivity index (χ2n) is 5.45. The molecule has 0 bridgehead atoms. The van der Waals surface area contributed by atoms with Gasteiger partial charge in [0.15, 0.2) is 6.61 Å². The molecule has 7 heteroatoms. The first-order valence-electron chi connectivity index (χ1n) is 8.08. The highest BCUT2D eigenvalue weighted by atomic mass is 16.5. The first-order chi connectivity index (χ1) is 13.0. The maximum Gasteiger partial charge on any atom is 0.331 e. The summed E-state index contributed by atoms with van der Waals surface area (Å²) in [6, 6.07) is 12.1. The van der Waals surface area contributed by atoms with Crippen LogP contribution in [-0.4, -0.2) is 32.7 Å². The quantitative estimate of drug-likeness (QED) is 0.537. The Balaban J connectivity index is 1.95. The topological polar surface area (TPSA) is 97.1 Å². The third-order valence-electron chi connectivity index (χ3n) is 3.50. The molecule has 2 N–H and O–H groups in total. The molecule has 2 aromatic rings. The highest BCUT2D eigenvalue weighted by molar-refractivity contribution is 5.87. The van der Waals surface area contributed by atoms with Crippen molar-refractivity contribution in [2.45, 2.75) is 6.61 Å². The van der Waals surface area contributed by atoms with E-state index in [1.807, 2.05) is 0 Å². The zero-order valence-corrected chi connectivity index (χ0v) is 15.1. The fourth-order valence-corrected chi connectivity index (χ4v) is 2.21. The number of ether oxygens (including phenoxy) is 4. The fraction of sp³-hybridized carbons (Fsp3) is 0.200. The van der Waals surface area contributed by atoms with E-state index in [1.54, 1.807) is 62.8 Å². The van der Waals surface area contributed by atoms with Crippen LogP contribution in [0.4, 0.5) is 0 Å². The molecule has 0 aliphatic carbocycles. The molecule has 142 valence electrons. The summed E-state index contributed by atoms with van der Waals surface area (Å²) in [5, 5.41) is 0. The average molecular weight is 371 g/mol. The molecule has 7 nitrogen and oxygen atoms in total. The number of amides is 1. The largest absolute Gasteiger partial charge is 0.497 e. The second kappa shape index (κ2) is 9.86. The van der Waals surface area contributed by atoms with Crippen molar-refractivity contribution in [3.63, 3.8) is 0 Å². The van der Waals surface area contributed by atoms with E-state index in [9.17, 15) is 9.59 Å². The lowest BCUT2D eigenvalue weighted by Crippen LogP contribution is -2.20. The van der Waals surface area contributed by atoms with Crippen LogP contribution in [0.25, 0.3) is 6.08 Å². The maximum absolute atomic E-state index is 12.0. The molecular weight excluding hydrogens is 350 g/mol. The number of hydrogen-bond acceptors (Lipinski definition) is 6. The Bertz CT molecular complexity index is 831. The Kier molecular flexibility index (Phi) is 7.25. The van der Waals surface area contributed by atoms with Crippen LogP contribution in [0, 0.1) is 0 Å². The number of carbonyl (C=O) groups excluding carboxylic acids is 2. The molecule has 0 aliphatic rings. The van der Waals surface area contributed by atoms with E-state index in [0.29, 0.717) is 22.8 Å². The number of carbonyl (C=O) groups is 2. The molecule has 2 rings (SSSR count). The van der Waals surface area contributed by atoms with Gasteiger partial charge in [0.05, 0.1) is 14.2 Å². The van der Waals surface area contributed by atoms with Crippen molar-refractivity contribution in [2.24, 2.45) is 5.73 Å². The molecule has 27 heavy (non-hydrogen) atoms. The zero-order valence-electron chi connectivity index (χ0n) is 15.1. The molecule has 0 unspecified atom stereocenters. The van der Waals surface area contributed by atoms with Crippen LogP contribution in [0.1, 0.15) is 11.1 Å². The molecule has 0 aromatic heterocycles. The Morgan fingerprint density at radius 1 is 1.04 bits per heavy atom. The average Bonchev–Trinajstić information content (AvgIpc) is 2.69. The van der Waals surface area contributed by atoms with Gasteiger partial charge in [0, 0.05) is 11.6 Å². The summed E-state index contributed by atoms with van der Waals surface area (Å²) in [6.45, 7) is -0.152. The number of nitrogens with two attached hydrogens (primary N) is 1. The van der Waals surface area contributed by atoms with E-state index in [0.717, 1.165) is 5.56 Å². The van der Waals surface area contributed by atoms with E-state index in [2.05, 4.69) is 0 Å². The number of benzene rings is 2. The monoisotopic (exact) mass is 371 g/mol. The molecule has 2 aromatic carbocycles. The van der Waals surface area contributed by atoms with Crippen LogP contribution < -0.4 is 19.9 Å². The van der Waals surface area contributed by atoms with Gasteiger partial charge in [-0.05, 0) is 42.0 Å². The maximum atomic E-state index is 12.0. The Labute approximate surface area is 157 Å².